The number of nitrogens with zero attached hydrogens (tertiary/aromatic N) is 2. The van der Waals surface area contributed by atoms with Crippen LogP contribution in [0.3, 0.4) is 0 Å². The molecule has 0 bridgehead atoms. The fraction of sp³-hybridized carbons (Fsp3) is 0.115. The van der Waals surface area contributed by atoms with Gasteiger partial charge in [-0.15, -0.1) is 0 Å². The molecule has 2 N–H and O–H groups in total. The van der Waals surface area contributed by atoms with Crippen LogP contribution in [0, 0.1) is 6.92 Å². The zero-order valence-corrected chi connectivity index (χ0v) is 25.4. The minimum atomic E-state index is -4.54. The van der Waals surface area contributed by atoms with E-state index in [1.807, 2.05) is 6.92 Å². The Bertz CT molecular complexity index is 1710. The predicted octanol–water partition coefficient (Wildman–Crippen LogP) is 3.85. The molecule has 0 saturated heterocycles. The van der Waals surface area contributed by atoms with E-state index in [1.165, 1.54) is 25.1 Å². The van der Waals surface area contributed by atoms with Gasteiger partial charge < -0.3 is 15.2 Å². The quantitative estimate of drug-likeness (QED) is 0.189. The Morgan fingerprint density at radius 2 is 1.79 bits per heavy atom. The van der Waals surface area contributed by atoms with E-state index in [2.05, 4.69) is 15.5 Å². The standard InChI is InChI=1S/C26H21Cl2N3O6S.Na/c1-3-37-21-10-8-16(13-19(21)27)29-26(33)18-12-15-6-4-5-7-17(15)24(25(18)32)31-30-20-9-11-22(38(34,35)36)23(28)14(20)2;/h4-13,32H,3H2,1-2H3,(H,29,33)(H,34,35,36);/q;+1/p-1. The van der Waals surface area contributed by atoms with Crippen LogP contribution in [0.15, 0.2) is 75.8 Å². The summed E-state index contributed by atoms with van der Waals surface area (Å²) in [6, 6.07) is 15.4. The minimum Gasteiger partial charge on any atom is -0.870 e. The number of hydrogen-bond acceptors (Lipinski definition) is 7. The van der Waals surface area contributed by atoms with Crippen molar-refractivity contribution in [2.45, 2.75) is 18.7 Å². The van der Waals surface area contributed by atoms with Gasteiger partial charge >= 0.3 is 29.6 Å². The number of rotatable bonds is 7. The van der Waals surface area contributed by atoms with E-state index >= 15 is 0 Å². The Morgan fingerprint density at radius 3 is 2.46 bits per heavy atom. The fourth-order valence-electron chi connectivity index (χ4n) is 3.69. The summed E-state index contributed by atoms with van der Waals surface area (Å²) in [5.41, 5.74) is 0.503. The van der Waals surface area contributed by atoms with Crippen molar-refractivity contribution in [1.29, 1.82) is 0 Å². The van der Waals surface area contributed by atoms with Gasteiger partial charge in [-0.25, -0.2) is 0 Å². The summed E-state index contributed by atoms with van der Waals surface area (Å²) in [5.74, 6) is -0.875. The molecule has 4 aromatic carbocycles. The Hall–Kier alpha value is -2.70. The first kappa shape index (κ1) is 30.8. The third kappa shape index (κ3) is 6.72. The number of azo groups is 1. The second kappa shape index (κ2) is 12.6. The maximum absolute atomic E-state index is 13.4. The van der Waals surface area contributed by atoms with Crippen LogP contribution in [0.2, 0.25) is 10.0 Å². The van der Waals surface area contributed by atoms with Crippen LogP contribution < -0.4 is 44.7 Å². The molecule has 1 amide bonds. The summed E-state index contributed by atoms with van der Waals surface area (Å²) >= 11 is 12.3. The number of benzene rings is 4. The van der Waals surface area contributed by atoms with E-state index in [4.69, 9.17) is 27.9 Å². The number of nitrogens with one attached hydrogen (secondary N) is 1. The molecule has 0 atom stereocenters. The zero-order valence-electron chi connectivity index (χ0n) is 21.0. The molecule has 13 heteroatoms. The summed E-state index contributed by atoms with van der Waals surface area (Å²) in [7, 11) is -4.54. The van der Waals surface area contributed by atoms with Gasteiger partial charge in [-0.05, 0) is 61.2 Å². The van der Waals surface area contributed by atoms with Crippen LogP contribution in [0.1, 0.15) is 22.8 Å². The summed E-state index contributed by atoms with van der Waals surface area (Å²) in [6.07, 6.45) is 0. The van der Waals surface area contributed by atoms with Crippen molar-refractivity contribution in [2.75, 3.05) is 11.9 Å². The van der Waals surface area contributed by atoms with E-state index in [1.54, 1.807) is 36.4 Å². The Morgan fingerprint density at radius 1 is 1.08 bits per heavy atom. The van der Waals surface area contributed by atoms with Gasteiger partial charge in [0.05, 0.1) is 28.0 Å². The molecule has 0 aliphatic heterocycles. The van der Waals surface area contributed by atoms with Gasteiger partial charge in [0.1, 0.15) is 10.6 Å². The Labute approximate surface area is 256 Å². The minimum absolute atomic E-state index is 0. The molecule has 0 aromatic heterocycles. The van der Waals surface area contributed by atoms with Crippen LogP contribution in [0.5, 0.6) is 11.5 Å². The normalized spacial score (nSPS) is 11.4. The largest absolute Gasteiger partial charge is 1.00 e. The number of hydrogen-bond donors (Lipinski definition) is 2. The maximum Gasteiger partial charge on any atom is 1.00 e. The smallest absolute Gasteiger partial charge is 0.870 e. The van der Waals surface area contributed by atoms with E-state index in [-0.39, 0.29) is 57.1 Å². The number of fused-ring (bicyclic) bond motifs is 1. The first-order valence-electron chi connectivity index (χ1n) is 11.2. The summed E-state index contributed by atoms with van der Waals surface area (Å²) in [4.78, 5) is 12.6. The van der Waals surface area contributed by atoms with Crippen molar-refractivity contribution >= 4 is 67.1 Å². The first-order chi connectivity index (χ1) is 18.0. The van der Waals surface area contributed by atoms with Crippen molar-refractivity contribution in [3.63, 3.8) is 0 Å². The first-order valence-corrected chi connectivity index (χ1v) is 13.4. The van der Waals surface area contributed by atoms with Gasteiger partial charge in [0.2, 0.25) is 0 Å². The molecule has 0 spiro atoms. The molecule has 0 radical (unpaired) electrons. The molecule has 0 aliphatic rings. The molecule has 0 aliphatic carbocycles. The molecule has 4 aromatic rings. The average Bonchev–Trinajstić information content (AvgIpc) is 2.86. The molecule has 39 heavy (non-hydrogen) atoms. The Kier molecular flexibility index (Phi) is 10.0. The van der Waals surface area contributed by atoms with Crippen molar-refractivity contribution in [2.24, 2.45) is 10.2 Å². The molecular weight excluding hydrogens is 576 g/mol. The second-order valence-corrected chi connectivity index (χ2v) is 10.2. The second-order valence-electron chi connectivity index (χ2n) is 8.05. The number of carbonyl (C=O) groups is 1. The number of amides is 1. The van der Waals surface area contributed by atoms with Gasteiger partial charge in [0, 0.05) is 16.6 Å². The molecular formula is C26H20Cl2N3NaO6S. The van der Waals surface area contributed by atoms with Gasteiger partial charge in [-0.3, -0.25) is 9.35 Å². The van der Waals surface area contributed by atoms with Crippen molar-refractivity contribution in [3.05, 3.63) is 81.8 Å². The molecule has 9 nitrogen and oxygen atoms in total. The molecule has 0 heterocycles. The number of halogens is 2. The molecule has 0 unspecified atom stereocenters. The van der Waals surface area contributed by atoms with Crippen LogP contribution in [-0.4, -0.2) is 25.5 Å². The monoisotopic (exact) mass is 595 g/mol. The number of carbonyl (C=O) groups excluding carboxylic acids is 1. The van der Waals surface area contributed by atoms with Gasteiger partial charge in [0.25, 0.3) is 16.0 Å². The zero-order chi connectivity index (χ0) is 27.6. The Balaban J connectivity index is 0.00000420. The third-order valence-corrected chi connectivity index (χ3v) is 7.36. The fourth-order valence-corrected chi connectivity index (χ4v) is 5.00. The number of ether oxygens (including phenoxy) is 1. The van der Waals surface area contributed by atoms with E-state index in [0.717, 1.165) is 6.07 Å². The molecule has 0 saturated carbocycles. The van der Waals surface area contributed by atoms with Crippen molar-refractivity contribution in [3.8, 4) is 11.5 Å². The SMILES string of the molecule is CCOc1ccc(NC(=O)c2cc3ccccc3c(N=Nc3ccc(S(=O)(=O)O)c(Cl)c3C)c2[O-])cc1Cl.[Na+]. The van der Waals surface area contributed by atoms with Crippen molar-refractivity contribution in [1.82, 2.24) is 0 Å². The van der Waals surface area contributed by atoms with Gasteiger partial charge in [-0.1, -0.05) is 53.2 Å². The van der Waals surface area contributed by atoms with Crippen LogP contribution in [-0.2, 0) is 10.1 Å². The van der Waals surface area contributed by atoms with Crippen molar-refractivity contribution < 1.29 is 57.2 Å². The molecule has 196 valence electrons. The van der Waals surface area contributed by atoms with Crippen LogP contribution in [0.4, 0.5) is 17.1 Å². The average molecular weight is 596 g/mol. The van der Waals surface area contributed by atoms with Gasteiger partial charge in [0.15, 0.2) is 0 Å². The van der Waals surface area contributed by atoms with E-state index in [0.29, 0.717) is 33.8 Å². The van der Waals surface area contributed by atoms with E-state index in [9.17, 15) is 22.9 Å². The summed E-state index contributed by atoms with van der Waals surface area (Å²) < 4.78 is 37.7. The topological polar surface area (TPSA) is 140 Å². The summed E-state index contributed by atoms with van der Waals surface area (Å²) in [6.45, 7) is 3.74. The van der Waals surface area contributed by atoms with Crippen LogP contribution >= 0.6 is 23.2 Å². The third-order valence-electron chi connectivity index (χ3n) is 5.57. The summed E-state index contributed by atoms with van der Waals surface area (Å²) in [5, 5.41) is 25.4. The predicted molar refractivity (Wildman–Crippen MR) is 144 cm³/mol. The molecule has 4 rings (SSSR count). The number of anilines is 1. The maximum atomic E-state index is 13.4. The van der Waals surface area contributed by atoms with E-state index < -0.39 is 26.7 Å². The van der Waals surface area contributed by atoms with Gasteiger partial charge in [-0.2, -0.15) is 18.6 Å². The van der Waals surface area contributed by atoms with Crippen LogP contribution in [0.25, 0.3) is 10.8 Å². The molecule has 0 fully saturated rings.